The minimum absolute atomic E-state index is 0.0446. The number of aromatic carboxylic acids is 1. The number of carbonyl (C=O) groups is 2. The Kier molecular flexibility index (Phi) is 3.63. The molecule has 3 aromatic rings. The Morgan fingerprint density at radius 3 is 2.25 bits per heavy atom. The molecule has 7 heteroatoms. The average molecular weight is 333 g/mol. The minimum Gasteiger partial charge on any atom is -0.478 e. The van der Waals surface area contributed by atoms with Gasteiger partial charge in [-0.15, -0.1) is 0 Å². The predicted octanol–water partition coefficient (Wildman–Crippen LogP) is 3.89. The van der Waals surface area contributed by atoms with Gasteiger partial charge >= 0.3 is 12.1 Å². The van der Waals surface area contributed by atoms with E-state index in [1.807, 2.05) is 0 Å². The first kappa shape index (κ1) is 15.8. The lowest BCUT2D eigenvalue weighted by molar-refractivity contribution is -0.137. The summed E-state index contributed by atoms with van der Waals surface area (Å²) < 4.78 is 39.2. The summed E-state index contributed by atoms with van der Waals surface area (Å²) in [6.07, 6.45) is -2.96. The van der Waals surface area contributed by atoms with Crippen LogP contribution in [0.3, 0.4) is 0 Å². The van der Waals surface area contributed by atoms with Crippen molar-refractivity contribution in [1.82, 2.24) is 4.40 Å². The normalized spacial score (nSPS) is 11.6. The molecule has 2 aromatic heterocycles. The van der Waals surface area contributed by atoms with Crippen LogP contribution in [-0.4, -0.2) is 21.3 Å². The monoisotopic (exact) mass is 333 g/mol. The fourth-order valence-corrected chi connectivity index (χ4v) is 2.46. The zero-order valence-corrected chi connectivity index (χ0v) is 12.0. The van der Waals surface area contributed by atoms with Crippen molar-refractivity contribution in [1.29, 1.82) is 0 Å². The van der Waals surface area contributed by atoms with Crippen molar-refractivity contribution >= 4 is 17.3 Å². The number of aromatic nitrogens is 1. The molecule has 122 valence electrons. The van der Waals surface area contributed by atoms with Crippen LogP contribution in [0.5, 0.6) is 0 Å². The Morgan fingerprint density at radius 2 is 1.67 bits per heavy atom. The van der Waals surface area contributed by atoms with Crippen molar-refractivity contribution in [3.8, 4) is 0 Å². The summed E-state index contributed by atoms with van der Waals surface area (Å²) in [6.45, 7) is 0. The van der Waals surface area contributed by atoms with Gasteiger partial charge in [0.05, 0.1) is 22.3 Å². The lowest BCUT2D eigenvalue weighted by atomic mass is 10.1. The molecular weight excluding hydrogens is 323 g/mol. The predicted molar refractivity (Wildman–Crippen MR) is 79.2 cm³/mol. The number of carboxylic acids is 1. The number of nitrogens with zero attached hydrogens (tertiary/aromatic N) is 1. The van der Waals surface area contributed by atoms with Crippen molar-refractivity contribution in [2.24, 2.45) is 0 Å². The Hall–Kier alpha value is -3.09. The summed E-state index contributed by atoms with van der Waals surface area (Å²) in [5.41, 5.74) is -0.456. The van der Waals surface area contributed by atoms with Crippen LogP contribution < -0.4 is 0 Å². The molecule has 4 nitrogen and oxygen atoms in total. The molecule has 0 aliphatic heterocycles. The Labute approximate surface area is 133 Å². The molecule has 0 atom stereocenters. The molecule has 0 bridgehead atoms. The van der Waals surface area contributed by atoms with Crippen molar-refractivity contribution in [2.75, 3.05) is 0 Å². The number of ketones is 1. The van der Waals surface area contributed by atoms with Crippen LogP contribution in [-0.2, 0) is 6.18 Å². The zero-order chi connectivity index (χ0) is 17.5. The van der Waals surface area contributed by atoms with Crippen LogP contribution in [0.2, 0.25) is 0 Å². The number of carboxylic acid groups (broad SMARTS) is 1. The number of halogens is 3. The molecule has 0 unspecified atom stereocenters. The van der Waals surface area contributed by atoms with E-state index in [2.05, 4.69) is 0 Å². The van der Waals surface area contributed by atoms with E-state index >= 15 is 0 Å². The lowest BCUT2D eigenvalue weighted by Gasteiger charge is -2.07. The van der Waals surface area contributed by atoms with E-state index in [1.54, 1.807) is 18.2 Å². The van der Waals surface area contributed by atoms with Crippen LogP contribution in [0.4, 0.5) is 13.2 Å². The number of rotatable bonds is 3. The summed E-state index contributed by atoms with van der Waals surface area (Å²) in [4.78, 5) is 23.9. The fraction of sp³-hybridized carbons (Fsp3) is 0.0588. The van der Waals surface area contributed by atoms with Gasteiger partial charge in [0.15, 0.2) is 0 Å². The number of alkyl halides is 3. The van der Waals surface area contributed by atoms with Gasteiger partial charge in [0.25, 0.3) is 0 Å². The third-order valence-corrected chi connectivity index (χ3v) is 3.61. The number of fused-ring (bicyclic) bond motifs is 1. The van der Waals surface area contributed by atoms with Gasteiger partial charge in [-0.2, -0.15) is 13.2 Å². The van der Waals surface area contributed by atoms with E-state index in [-0.39, 0.29) is 16.8 Å². The SMILES string of the molecule is O=C(O)c1cc(C(=O)c2ccc(C(F)(F)F)cc2)n2ccccc12. The number of hydrogen-bond donors (Lipinski definition) is 1. The highest BCUT2D eigenvalue weighted by Crippen LogP contribution is 2.29. The van der Waals surface area contributed by atoms with Gasteiger partial charge in [0.1, 0.15) is 0 Å². The van der Waals surface area contributed by atoms with Crippen LogP contribution >= 0.6 is 0 Å². The summed E-state index contributed by atoms with van der Waals surface area (Å²) in [7, 11) is 0. The van der Waals surface area contributed by atoms with Crippen molar-refractivity contribution in [3.63, 3.8) is 0 Å². The summed E-state index contributed by atoms with van der Waals surface area (Å²) in [5.74, 6) is -1.75. The fourth-order valence-electron chi connectivity index (χ4n) is 2.46. The maximum Gasteiger partial charge on any atom is 0.416 e. The Balaban J connectivity index is 2.08. The second-order valence-electron chi connectivity index (χ2n) is 5.11. The van der Waals surface area contributed by atoms with Crippen LogP contribution in [0.1, 0.15) is 32.0 Å². The second kappa shape index (κ2) is 5.52. The van der Waals surface area contributed by atoms with Gasteiger partial charge in [-0.25, -0.2) is 4.79 Å². The molecule has 0 aliphatic carbocycles. The molecule has 0 aliphatic rings. The molecule has 2 heterocycles. The van der Waals surface area contributed by atoms with Gasteiger partial charge in [-0.1, -0.05) is 18.2 Å². The first-order valence-corrected chi connectivity index (χ1v) is 6.84. The number of carbonyl (C=O) groups excluding carboxylic acids is 1. The quantitative estimate of drug-likeness (QED) is 0.740. The van der Waals surface area contributed by atoms with Crippen molar-refractivity contribution in [2.45, 2.75) is 6.18 Å². The van der Waals surface area contributed by atoms with Gasteiger partial charge in [0.2, 0.25) is 5.78 Å². The van der Waals surface area contributed by atoms with Gasteiger partial charge in [-0.3, -0.25) is 4.79 Å². The van der Waals surface area contributed by atoms with E-state index < -0.39 is 23.5 Å². The van der Waals surface area contributed by atoms with E-state index in [0.29, 0.717) is 5.52 Å². The maximum absolute atomic E-state index is 12.6. The zero-order valence-electron chi connectivity index (χ0n) is 12.0. The third kappa shape index (κ3) is 2.64. The molecule has 3 rings (SSSR count). The number of benzene rings is 1. The largest absolute Gasteiger partial charge is 0.478 e. The summed E-state index contributed by atoms with van der Waals surface area (Å²) in [6, 6.07) is 9.82. The third-order valence-electron chi connectivity index (χ3n) is 3.61. The van der Waals surface area contributed by atoms with Crippen LogP contribution in [0, 0.1) is 0 Å². The highest BCUT2D eigenvalue weighted by Gasteiger charge is 2.30. The van der Waals surface area contributed by atoms with Crippen molar-refractivity contribution < 1.29 is 27.9 Å². The standard InChI is InChI=1S/C17H10F3NO3/c18-17(19,20)11-6-4-10(5-7-11)15(22)14-9-12(16(23)24)13-3-1-2-8-21(13)14/h1-9H,(H,23,24). The summed E-state index contributed by atoms with van der Waals surface area (Å²) in [5, 5.41) is 9.22. The molecule has 0 radical (unpaired) electrons. The molecule has 0 fully saturated rings. The summed E-state index contributed by atoms with van der Waals surface area (Å²) >= 11 is 0. The highest BCUT2D eigenvalue weighted by molar-refractivity contribution is 6.11. The van der Waals surface area contributed by atoms with Crippen LogP contribution in [0.25, 0.3) is 5.52 Å². The van der Waals surface area contributed by atoms with Gasteiger partial charge < -0.3 is 9.51 Å². The van der Waals surface area contributed by atoms with E-state index in [9.17, 15) is 27.9 Å². The molecular formula is C17H10F3NO3. The number of hydrogen-bond acceptors (Lipinski definition) is 2. The molecule has 1 aromatic carbocycles. The molecule has 0 spiro atoms. The second-order valence-corrected chi connectivity index (χ2v) is 5.11. The van der Waals surface area contributed by atoms with E-state index in [4.69, 9.17) is 0 Å². The Bertz CT molecular complexity index is 940. The van der Waals surface area contributed by atoms with E-state index in [0.717, 1.165) is 24.3 Å². The first-order chi connectivity index (χ1) is 11.3. The van der Waals surface area contributed by atoms with E-state index in [1.165, 1.54) is 16.7 Å². The maximum atomic E-state index is 12.6. The highest BCUT2D eigenvalue weighted by atomic mass is 19.4. The van der Waals surface area contributed by atoms with Crippen molar-refractivity contribution in [3.05, 3.63) is 77.1 Å². The van der Waals surface area contributed by atoms with Gasteiger partial charge in [-0.05, 0) is 30.3 Å². The Morgan fingerprint density at radius 1 is 1.00 bits per heavy atom. The average Bonchev–Trinajstić information content (AvgIpc) is 2.93. The molecule has 24 heavy (non-hydrogen) atoms. The molecule has 0 amide bonds. The van der Waals surface area contributed by atoms with Crippen LogP contribution in [0.15, 0.2) is 54.7 Å². The molecule has 0 saturated heterocycles. The first-order valence-electron chi connectivity index (χ1n) is 6.84. The molecule has 1 N–H and O–H groups in total. The minimum atomic E-state index is -4.49. The smallest absolute Gasteiger partial charge is 0.416 e. The number of pyridine rings is 1. The lowest BCUT2D eigenvalue weighted by Crippen LogP contribution is -2.08. The topological polar surface area (TPSA) is 58.8 Å². The molecule has 0 saturated carbocycles. The van der Waals surface area contributed by atoms with Gasteiger partial charge in [0, 0.05) is 11.8 Å².